The van der Waals surface area contributed by atoms with Crippen LogP contribution in [-0.2, 0) is 9.84 Å². The molecule has 4 heteroatoms. The van der Waals surface area contributed by atoms with Crippen molar-refractivity contribution >= 4 is 9.84 Å². The van der Waals surface area contributed by atoms with Gasteiger partial charge in [-0.05, 0) is 43.6 Å². The van der Waals surface area contributed by atoms with Gasteiger partial charge >= 0.3 is 0 Å². The molecule has 17 heavy (non-hydrogen) atoms. The van der Waals surface area contributed by atoms with Gasteiger partial charge in [-0.3, -0.25) is 0 Å². The van der Waals surface area contributed by atoms with Crippen LogP contribution in [0.15, 0.2) is 0 Å². The molecular formula is C13H27NO2S. The fourth-order valence-electron chi connectivity index (χ4n) is 2.49. The molecule has 0 amide bonds. The molecule has 0 spiro atoms. The van der Waals surface area contributed by atoms with E-state index in [0.717, 1.165) is 25.7 Å². The summed E-state index contributed by atoms with van der Waals surface area (Å²) in [5, 5.41) is 0. The molecular weight excluding hydrogens is 234 g/mol. The third-order valence-corrected chi connectivity index (χ3v) is 5.72. The lowest BCUT2D eigenvalue weighted by Gasteiger charge is -2.22. The molecule has 1 rings (SSSR count). The van der Waals surface area contributed by atoms with Gasteiger partial charge in [0.05, 0.1) is 11.5 Å². The number of sulfone groups is 1. The second-order valence-corrected chi connectivity index (χ2v) is 8.47. The number of hydrogen-bond donors (Lipinski definition) is 1. The zero-order valence-corrected chi connectivity index (χ0v) is 12.1. The van der Waals surface area contributed by atoms with E-state index in [4.69, 9.17) is 5.73 Å². The Balaban J connectivity index is 2.29. The van der Waals surface area contributed by atoms with Crippen molar-refractivity contribution in [2.45, 2.75) is 52.4 Å². The summed E-state index contributed by atoms with van der Waals surface area (Å²) in [5.74, 6) is 1.19. The fourth-order valence-corrected chi connectivity index (χ4v) is 4.29. The lowest BCUT2D eigenvalue weighted by molar-refractivity contribution is 0.344. The molecule has 3 nitrogen and oxygen atoms in total. The summed E-state index contributed by atoms with van der Waals surface area (Å²) < 4.78 is 23.9. The highest BCUT2D eigenvalue weighted by Gasteiger charge is 2.23. The monoisotopic (exact) mass is 261 g/mol. The van der Waals surface area contributed by atoms with Crippen molar-refractivity contribution in [3.63, 3.8) is 0 Å². The van der Waals surface area contributed by atoms with Crippen LogP contribution in [-0.4, -0.2) is 26.5 Å². The van der Waals surface area contributed by atoms with Crippen molar-refractivity contribution in [3.8, 4) is 0 Å². The van der Waals surface area contributed by atoms with Gasteiger partial charge in [0, 0.05) is 0 Å². The Morgan fingerprint density at radius 3 is 2.35 bits per heavy atom. The van der Waals surface area contributed by atoms with Crippen LogP contribution in [0.3, 0.4) is 0 Å². The van der Waals surface area contributed by atoms with Crippen molar-refractivity contribution in [3.05, 3.63) is 0 Å². The van der Waals surface area contributed by atoms with Gasteiger partial charge in [-0.1, -0.05) is 26.7 Å². The minimum absolute atomic E-state index is 0.0723. The maximum absolute atomic E-state index is 11.9. The van der Waals surface area contributed by atoms with E-state index in [-0.39, 0.29) is 5.41 Å². The van der Waals surface area contributed by atoms with E-state index in [1.54, 1.807) is 0 Å². The van der Waals surface area contributed by atoms with E-state index in [1.165, 1.54) is 12.8 Å². The molecule has 0 radical (unpaired) electrons. The third kappa shape index (κ3) is 5.87. The Morgan fingerprint density at radius 1 is 1.24 bits per heavy atom. The van der Waals surface area contributed by atoms with Crippen LogP contribution in [0.2, 0.25) is 0 Å². The Kier molecular flexibility index (Phi) is 5.45. The van der Waals surface area contributed by atoms with Gasteiger partial charge in [0.15, 0.2) is 9.84 Å². The van der Waals surface area contributed by atoms with Crippen LogP contribution < -0.4 is 5.73 Å². The second kappa shape index (κ2) is 6.19. The molecule has 0 heterocycles. The smallest absolute Gasteiger partial charge is 0.150 e. The van der Waals surface area contributed by atoms with Crippen LogP contribution in [0.4, 0.5) is 0 Å². The van der Waals surface area contributed by atoms with Gasteiger partial charge in [0.25, 0.3) is 0 Å². The summed E-state index contributed by atoms with van der Waals surface area (Å²) in [5.41, 5.74) is 5.71. The number of rotatable bonds is 7. The summed E-state index contributed by atoms with van der Waals surface area (Å²) in [6, 6.07) is 0. The van der Waals surface area contributed by atoms with Gasteiger partial charge in [-0.25, -0.2) is 8.42 Å². The first-order chi connectivity index (χ1) is 7.85. The summed E-state index contributed by atoms with van der Waals surface area (Å²) in [7, 11) is -2.84. The SMILES string of the molecule is CC(C)(CN)CCCS(=O)(=O)CC1CCCC1. The Bertz CT molecular complexity index is 316. The molecule has 1 aliphatic rings. The first kappa shape index (κ1) is 15.0. The molecule has 0 unspecified atom stereocenters. The van der Waals surface area contributed by atoms with Crippen molar-refractivity contribution in [2.24, 2.45) is 17.1 Å². The summed E-state index contributed by atoms with van der Waals surface area (Å²) in [6.45, 7) is 4.81. The van der Waals surface area contributed by atoms with Crippen molar-refractivity contribution in [1.82, 2.24) is 0 Å². The maximum atomic E-state index is 11.9. The molecule has 1 saturated carbocycles. The van der Waals surface area contributed by atoms with Gasteiger partial charge in [-0.15, -0.1) is 0 Å². The molecule has 0 aromatic heterocycles. The predicted molar refractivity (Wildman–Crippen MR) is 72.7 cm³/mol. The number of hydrogen-bond acceptors (Lipinski definition) is 3. The normalized spacial score (nSPS) is 18.8. The lowest BCUT2D eigenvalue weighted by Crippen LogP contribution is -2.25. The Morgan fingerprint density at radius 2 is 1.82 bits per heavy atom. The molecule has 0 bridgehead atoms. The van der Waals surface area contributed by atoms with Crippen molar-refractivity contribution < 1.29 is 8.42 Å². The second-order valence-electron chi connectivity index (χ2n) is 6.24. The van der Waals surface area contributed by atoms with Crippen LogP contribution in [0.25, 0.3) is 0 Å². The number of nitrogens with two attached hydrogens (primary N) is 1. The Hall–Kier alpha value is -0.0900. The highest BCUT2D eigenvalue weighted by atomic mass is 32.2. The average Bonchev–Trinajstić information content (AvgIpc) is 2.69. The summed E-state index contributed by atoms with van der Waals surface area (Å²) in [4.78, 5) is 0. The van der Waals surface area contributed by atoms with Gasteiger partial charge in [-0.2, -0.15) is 0 Å². The van der Waals surface area contributed by atoms with Crippen LogP contribution in [0.5, 0.6) is 0 Å². The van der Waals surface area contributed by atoms with E-state index >= 15 is 0 Å². The minimum atomic E-state index is -2.84. The topological polar surface area (TPSA) is 60.2 Å². The molecule has 0 aromatic rings. The molecule has 0 saturated heterocycles. The average molecular weight is 261 g/mol. The standard InChI is InChI=1S/C13H27NO2S/c1-13(2,11-14)8-5-9-17(15,16)10-12-6-3-4-7-12/h12H,3-11,14H2,1-2H3. The quantitative estimate of drug-likeness (QED) is 0.765. The van der Waals surface area contributed by atoms with Crippen LogP contribution >= 0.6 is 0 Å². The van der Waals surface area contributed by atoms with E-state index in [0.29, 0.717) is 24.0 Å². The molecule has 0 aliphatic heterocycles. The Labute approximate surface area is 106 Å². The van der Waals surface area contributed by atoms with E-state index in [1.807, 2.05) is 0 Å². The zero-order chi connectivity index (χ0) is 12.9. The first-order valence-electron chi connectivity index (χ1n) is 6.75. The van der Waals surface area contributed by atoms with Gasteiger partial charge < -0.3 is 5.73 Å². The van der Waals surface area contributed by atoms with E-state index in [2.05, 4.69) is 13.8 Å². The molecule has 1 fully saturated rings. The largest absolute Gasteiger partial charge is 0.330 e. The molecule has 0 atom stereocenters. The van der Waals surface area contributed by atoms with Crippen molar-refractivity contribution in [2.75, 3.05) is 18.1 Å². The first-order valence-corrected chi connectivity index (χ1v) is 8.57. The van der Waals surface area contributed by atoms with Crippen LogP contribution in [0, 0.1) is 11.3 Å². The van der Waals surface area contributed by atoms with E-state index in [9.17, 15) is 8.42 Å². The molecule has 1 aliphatic carbocycles. The summed E-state index contributed by atoms with van der Waals surface area (Å²) in [6.07, 6.45) is 6.27. The highest BCUT2D eigenvalue weighted by molar-refractivity contribution is 7.91. The van der Waals surface area contributed by atoms with Crippen molar-refractivity contribution in [1.29, 1.82) is 0 Å². The zero-order valence-electron chi connectivity index (χ0n) is 11.2. The fraction of sp³-hybridized carbons (Fsp3) is 1.00. The molecule has 102 valence electrons. The maximum Gasteiger partial charge on any atom is 0.150 e. The summed E-state index contributed by atoms with van der Waals surface area (Å²) >= 11 is 0. The molecule has 0 aromatic carbocycles. The highest BCUT2D eigenvalue weighted by Crippen LogP contribution is 2.27. The van der Waals surface area contributed by atoms with E-state index < -0.39 is 9.84 Å². The molecule has 2 N–H and O–H groups in total. The van der Waals surface area contributed by atoms with Gasteiger partial charge in [0.2, 0.25) is 0 Å². The lowest BCUT2D eigenvalue weighted by atomic mass is 9.88. The minimum Gasteiger partial charge on any atom is -0.330 e. The third-order valence-electron chi connectivity index (χ3n) is 3.83. The predicted octanol–water partition coefficient (Wildman–Crippen LogP) is 2.36. The van der Waals surface area contributed by atoms with Crippen LogP contribution in [0.1, 0.15) is 52.4 Å². The van der Waals surface area contributed by atoms with Gasteiger partial charge in [0.1, 0.15) is 0 Å².